The van der Waals surface area contributed by atoms with Crippen molar-refractivity contribution in [3.63, 3.8) is 0 Å². The second-order valence-corrected chi connectivity index (χ2v) is 4.23. The summed E-state index contributed by atoms with van der Waals surface area (Å²) in [5.74, 6) is -0.174. The van der Waals surface area contributed by atoms with Crippen molar-refractivity contribution < 1.29 is 9.90 Å². The van der Waals surface area contributed by atoms with Gasteiger partial charge in [0.05, 0.1) is 18.5 Å². The molecule has 6 heteroatoms. The number of hydrogen-bond acceptors (Lipinski definition) is 4. The number of carbonyl (C=O) groups excluding carboxylic acids is 1. The molecule has 1 unspecified atom stereocenters. The number of carbonyl (C=O) groups is 1. The predicted molar refractivity (Wildman–Crippen MR) is 56.3 cm³/mol. The van der Waals surface area contributed by atoms with E-state index in [0.717, 1.165) is 0 Å². The van der Waals surface area contributed by atoms with Crippen LogP contribution in [0.4, 0.5) is 0 Å². The molecule has 0 spiro atoms. The van der Waals surface area contributed by atoms with Gasteiger partial charge in [0.2, 0.25) is 0 Å². The molecule has 15 heavy (non-hydrogen) atoms. The van der Waals surface area contributed by atoms with E-state index in [4.69, 9.17) is 0 Å². The lowest BCUT2D eigenvalue weighted by atomic mass is 10.3. The quantitative estimate of drug-likeness (QED) is 0.805. The standard InChI is InChI=1S/C9H10BrN3O2/c10-8-4-11-7(3-12-8)9(15)13-2-1-6(14)5-13/h3-4,6,14H,1-2,5H2. The molecule has 1 saturated heterocycles. The number of rotatable bonds is 1. The minimum atomic E-state index is -0.405. The summed E-state index contributed by atoms with van der Waals surface area (Å²) in [4.78, 5) is 21.3. The molecule has 0 aliphatic carbocycles. The number of aliphatic hydroxyl groups is 1. The predicted octanol–water partition coefficient (Wildman–Crippen LogP) is 0.446. The Kier molecular flexibility index (Phi) is 2.97. The van der Waals surface area contributed by atoms with Crippen LogP contribution >= 0.6 is 15.9 Å². The lowest BCUT2D eigenvalue weighted by Crippen LogP contribution is -2.30. The van der Waals surface area contributed by atoms with Gasteiger partial charge in [-0.3, -0.25) is 4.79 Å². The summed E-state index contributed by atoms with van der Waals surface area (Å²) < 4.78 is 0.598. The van der Waals surface area contributed by atoms with Crippen LogP contribution in [0.1, 0.15) is 16.9 Å². The zero-order valence-corrected chi connectivity index (χ0v) is 9.51. The normalized spacial score (nSPS) is 20.7. The fourth-order valence-electron chi connectivity index (χ4n) is 1.51. The first-order valence-electron chi connectivity index (χ1n) is 4.61. The Labute approximate surface area is 95.3 Å². The highest BCUT2D eigenvalue weighted by Crippen LogP contribution is 2.12. The Morgan fingerprint density at radius 2 is 2.33 bits per heavy atom. The molecular weight excluding hydrogens is 262 g/mol. The van der Waals surface area contributed by atoms with E-state index >= 15 is 0 Å². The van der Waals surface area contributed by atoms with Crippen LogP contribution in [0.5, 0.6) is 0 Å². The largest absolute Gasteiger partial charge is 0.391 e. The maximum atomic E-state index is 11.8. The van der Waals surface area contributed by atoms with E-state index in [9.17, 15) is 9.90 Å². The van der Waals surface area contributed by atoms with Crippen LogP contribution in [0.2, 0.25) is 0 Å². The number of amides is 1. The lowest BCUT2D eigenvalue weighted by molar-refractivity contribution is 0.0758. The van der Waals surface area contributed by atoms with E-state index in [-0.39, 0.29) is 5.91 Å². The van der Waals surface area contributed by atoms with Crippen molar-refractivity contribution in [1.29, 1.82) is 0 Å². The minimum Gasteiger partial charge on any atom is -0.391 e. The fourth-order valence-corrected chi connectivity index (χ4v) is 1.72. The molecule has 1 aliphatic heterocycles. The van der Waals surface area contributed by atoms with E-state index in [1.807, 2.05) is 0 Å². The molecule has 1 aliphatic rings. The summed E-state index contributed by atoms with van der Waals surface area (Å²) in [5.41, 5.74) is 0.312. The number of β-amino-alcohol motifs (C(OH)–C–C–N with tert-alkyl or cyclic N) is 1. The first-order valence-corrected chi connectivity index (χ1v) is 5.41. The Morgan fingerprint density at radius 1 is 1.53 bits per heavy atom. The van der Waals surface area contributed by atoms with Crippen molar-refractivity contribution in [2.45, 2.75) is 12.5 Å². The molecule has 1 amide bonds. The van der Waals surface area contributed by atoms with Gasteiger partial charge >= 0.3 is 0 Å². The first kappa shape index (κ1) is 10.5. The number of hydrogen-bond donors (Lipinski definition) is 1. The molecule has 2 rings (SSSR count). The number of nitrogens with zero attached hydrogens (tertiary/aromatic N) is 3. The summed E-state index contributed by atoms with van der Waals surface area (Å²) in [6.45, 7) is 0.967. The fraction of sp³-hybridized carbons (Fsp3) is 0.444. The van der Waals surface area contributed by atoms with Gasteiger partial charge in [-0.05, 0) is 22.4 Å². The zero-order valence-electron chi connectivity index (χ0n) is 7.93. The van der Waals surface area contributed by atoms with Crippen molar-refractivity contribution >= 4 is 21.8 Å². The maximum absolute atomic E-state index is 11.8. The van der Waals surface area contributed by atoms with Crippen LogP contribution in [-0.4, -0.2) is 45.1 Å². The van der Waals surface area contributed by atoms with Crippen molar-refractivity contribution in [3.8, 4) is 0 Å². The topological polar surface area (TPSA) is 66.3 Å². The number of likely N-dealkylation sites (tertiary alicyclic amines) is 1. The van der Waals surface area contributed by atoms with Gasteiger partial charge in [0.25, 0.3) is 5.91 Å². The van der Waals surface area contributed by atoms with Crippen LogP contribution in [0.25, 0.3) is 0 Å². The average Bonchev–Trinajstić information content (AvgIpc) is 2.65. The monoisotopic (exact) mass is 271 g/mol. The molecule has 0 aromatic carbocycles. The van der Waals surface area contributed by atoms with E-state index < -0.39 is 6.10 Å². The highest BCUT2D eigenvalue weighted by Gasteiger charge is 2.26. The Balaban J connectivity index is 2.11. The van der Waals surface area contributed by atoms with Crippen molar-refractivity contribution in [3.05, 3.63) is 22.7 Å². The molecule has 0 radical (unpaired) electrons. The molecule has 0 bridgehead atoms. The zero-order chi connectivity index (χ0) is 10.8. The van der Waals surface area contributed by atoms with Crippen molar-refractivity contribution in [2.75, 3.05) is 13.1 Å². The molecule has 1 aromatic heterocycles. The molecule has 1 N–H and O–H groups in total. The number of aromatic nitrogens is 2. The second kappa shape index (κ2) is 4.24. The molecule has 80 valence electrons. The molecular formula is C9H10BrN3O2. The molecule has 2 heterocycles. The third-order valence-corrected chi connectivity index (χ3v) is 2.70. The lowest BCUT2D eigenvalue weighted by Gasteiger charge is -2.14. The Morgan fingerprint density at radius 3 is 2.87 bits per heavy atom. The summed E-state index contributed by atoms with van der Waals surface area (Å²) in [7, 11) is 0. The van der Waals surface area contributed by atoms with E-state index in [0.29, 0.717) is 29.8 Å². The van der Waals surface area contributed by atoms with Gasteiger partial charge in [-0.1, -0.05) is 0 Å². The number of halogens is 1. The molecule has 1 atom stereocenters. The summed E-state index contributed by atoms with van der Waals surface area (Å²) in [6.07, 6.45) is 3.14. The van der Waals surface area contributed by atoms with Crippen LogP contribution in [0.3, 0.4) is 0 Å². The van der Waals surface area contributed by atoms with Gasteiger partial charge in [-0.15, -0.1) is 0 Å². The SMILES string of the molecule is O=C(c1cnc(Br)cn1)N1CCC(O)C1. The minimum absolute atomic E-state index is 0.174. The van der Waals surface area contributed by atoms with Crippen LogP contribution in [0, 0.1) is 0 Å². The average molecular weight is 272 g/mol. The van der Waals surface area contributed by atoms with Gasteiger partial charge in [0.1, 0.15) is 10.3 Å². The number of aliphatic hydroxyl groups excluding tert-OH is 1. The summed E-state index contributed by atoms with van der Waals surface area (Å²) >= 11 is 3.15. The van der Waals surface area contributed by atoms with Crippen LogP contribution < -0.4 is 0 Å². The van der Waals surface area contributed by atoms with Crippen molar-refractivity contribution in [2.24, 2.45) is 0 Å². The second-order valence-electron chi connectivity index (χ2n) is 3.42. The Hall–Kier alpha value is -1.01. The maximum Gasteiger partial charge on any atom is 0.274 e. The Bertz CT molecular complexity index is 368. The van der Waals surface area contributed by atoms with Crippen LogP contribution in [-0.2, 0) is 0 Å². The molecule has 0 saturated carbocycles. The highest BCUT2D eigenvalue weighted by molar-refractivity contribution is 9.10. The van der Waals surface area contributed by atoms with Gasteiger partial charge < -0.3 is 10.0 Å². The van der Waals surface area contributed by atoms with E-state index in [1.54, 1.807) is 4.90 Å². The third kappa shape index (κ3) is 2.32. The molecule has 5 nitrogen and oxygen atoms in total. The van der Waals surface area contributed by atoms with Crippen molar-refractivity contribution in [1.82, 2.24) is 14.9 Å². The molecule has 1 aromatic rings. The van der Waals surface area contributed by atoms with Crippen LogP contribution in [0.15, 0.2) is 17.0 Å². The van der Waals surface area contributed by atoms with Gasteiger partial charge in [-0.25, -0.2) is 9.97 Å². The third-order valence-electron chi connectivity index (χ3n) is 2.29. The van der Waals surface area contributed by atoms with E-state index in [1.165, 1.54) is 12.4 Å². The highest BCUT2D eigenvalue weighted by atomic mass is 79.9. The van der Waals surface area contributed by atoms with E-state index in [2.05, 4.69) is 25.9 Å². The van der Waals surface area contributed by atoms with Gasteiger partial charge in [0.15, 0.2) is 0 Å². The smallest absolute Gasteiger partial charge is 0.274 e. The first-order chi connectivity index (χ1) is 7.16. The summed E-state index contributed by atoms with van der Waals surface area (Å²) in [5, 5.41) is 9.30. The van der Waals surface area contributed by atoms with Gasteiger partial charge in [0, 0.05) is 13.1 Å². The summed E-state index contributed by atoms with van der Waals surface area (Å²) in [6, 6.07) is 0. The molecule has 1 fully saturated rings. The van der Waals surface area contributed by atoms with Gasteiger partial charge in [-0.2, -0.15) is 0 Å².